The second-order valence-corrected chi connectivity index (χ2v) is 14.9. The molecule has 1 aliphatic rings. The van der Waals surface area contributed by atoms with E-state index < -0.39 is 28.5 Å². The van der Waals surface area contributed by atoms with Crippen LogP contribution in [0.5, 0.6) is 0 Å². The Balaban J connectivity index is 1.57. The first-order valence-corrected chi connectivity index (χ1v) is 18.0. The Bertz CT molecular complexity index is 1750. The molecule has 46 heavy (non-hydrogen) atoms. The van der Waals surface area contributed by atoms with Crippen LogP contribution in [-0.4, -0.2) is 43.8 Å². The third-order valence-electron chi connectivity index (χ3n) is 8.04. The van der Waals surface area contributed by atoms with Crippen molar-refractivity contribution in [2.45, 2.75) is 55.6 Å². The van der Waals surface area contributed by atoms with Gasteiger partial charge in [-0.2, -0.15) is 0 Å². The van der Waals surface area contributed by atoms with Gasteiger partial charge in [0.15, 0.2) is 0 Å². The Morgan fingerprint density at radius 1 is 0.826 bits per heavy atom. The molecule has 4 aromatic rings. The van der Waals surface area contributed by atoms with Gasteiger partial charge in [0.1, 0.15) is 12.6 Å². The molecule has 11 heteroatoms. The molecule has 1 N–H and O–H groups in total. The van der Waals surface area contributed by atoms with Crippen molar-refractivity contribution < 1.29 is 18.0 Å². The number of benzene rings is 4. The van der Waals surface area contributed by atoms with Gasteiger partial charge in [0, 0.05) is 23.5 Å². The summed E-state index contributed by atoms with van der Waals surface area (Å²) in [5.41, 5.74) is 1.83. The molecule has 240 valence electrons. The maximum Gasteiger partial charge on any atom is 0.264 e. The van der Waals surface area contributed by atoms with Crippen molar-refractivity contribution in [3.05, 3.63) is 129 Å². The first kappa shape index (κ1) is 34.0. The fourth-order valence-corrected chi connectivity index (χ4v) is 7.58. The van der Waals surface area contributed by atoms with Crippen LogP contribution in [0.3, 0.4) is 0 Å². The van der Waals surface area contributed by atoms with Gasteiger partial charge in [-0.1, -0.05) is 113 Å². The van der Waals surface area contributed by atoms with Gasteiger partial charge in [-0.3, -0.25) is 13.9 Å². The first-order valence-electron chi connectivity index (χ1n) is 15.0. The van der Waals surface area contributed by atoms with Crippen LogP contribution in [0, 0.1) is 0 Å². The van der Waals surface area contributed by atoms with Crippen molar-refractivity contribution in [3.63, 3.8) is 0 Å². The van der Waals surface area contributed by atoms with E-state index in [-0.39, 0.29) is 45.5 Å². The smallest absolute Gasteiger partial charge is 0.264 e. The van der Waals surface area contributed by atoms with E-state index in [0.29, 0.717) is 0 Å². The van der Waals surface area contributed by atoms with Crippen molar-refractivity contribution in [2.24, 2.45) is 0 Å². The fourth-order valence-electron chi connectivity index (χ4n) is 5.60. The quantitative estimate of drug-likeness (QED) is 0.162. The first-order chi connectivity index (χ1) is 22.1. The summed E-state index contributed by atoms with van der Waals surface area (Å²) in [6.07, 6.45) is 4.08. The van der Waals surface area contributed by atoms with Crippen LogP contribution in [0.1, 0.15) is 36.8 Å². The summed E-state index contributed by atoms with van der Waals surface area (Å²) in [5, 5.41) is 3.57. The fraction of sp³-hybridized carbons (Fsp3) is 0.257. The van der Waals surface area contributed by atoms with Gasteiger partial charge >= 0.3 is 0 Å². The van der Waals surface area contributed by atoms with Crippen LogP contribution >= 0.6 is 39.1 Å². The zero-order valence-corrected chi connectivity index (χ0v) is 28.9. The number of rotatable bonds is 12. The molecule has 0 saturated heterocycles. The largest absolute Gasteiger partial charge is 0.352 e. The third-order valence-corrected chi connectivity index (χ3v) is 11.1. The van der Waals surface area contributed by atoms with Crippen LogP contribution in [0.4, 0.5) is 5.69 Å². The molecule has 0 aliphatic heterocycles. The normalized spacial score (nSPS) is 14.1. The summed E-state index contributed by atoms with van der Waals surface area (Å²) < 4.78 is 30.1. The Hall–Kier alpha value is -3.37. The molecular weight excluding hydrogens is 709 g/mol. The molecule has 2 amide bonds. The molecule has 0 heterocycles. The highest BCUT2D eigenvalue weighted by Crippen LogP contribution is 2.31. The lowest BCUT2D eigenvalue weighted by Gasteiger charge is -2.34. The van der Waals surface area contributed by atoms with E-state index in [4.69, 9.17) is 23.2 Å². The molecule has 1 aliphatic carbocycles. The average molecular weight is 744 g/mol. The standard InChI is InChI=1S/C35H34BrCl2N3O4S/c36-27-17-15-26(16-18-27)23-40(33(21-25-9-3-1-4-10-25)35(43)39-28-11-7-8-12-28)34(42)24-41(29-19-20-31(37)32(38)22-29)46(44,45)30-13-5-2-6-14-30/h1-6,9-10,13-20,22,28,33H,7-8,11-12,21,23-24H2,(H,39,43). The minimum absolute atomic E-state index is 0.00754. The minimum atomic E-state index is -4.24. The number of carbonyl (C=O) groups excluding carboxylic acids is 2. The van der Waals surface area contributed by atoms with Crippen LogP contribution in [0.25, 0.3) is 0 Å². The van der Waals surface area contributed by atoms with Gasteiger partial charge in [-0.05, 0) is 66.4 Å². The maximum absolute atomic E-state index is 14.6. The van der Waals surface area contributed by atoms with Crippen molar-refractivity contribution in [1.82, 2.24) is 10.2 Å². The number of sulfonamides is 1. The number of anilines is 1. The zero-order chi connectivity index (χ0) is 32.7. The van der Waals surface area contributed by atoms with Crippen LogP contribution in [-0.2, 0) is 32.6 Å². The Labute approximate surface area is 288 Å². The maximum atomic E-state index is 14.6. The average Bonchev–Trinajstić information content (AvgIpc) is 3.57. The Morgan fingerprint density at radius 3 is 2.09 bits per heavy atom. The summed E-state index contributed by atoms with van der Waals surface area (Å²) in [6, 6.07) is 28.4. The van der Waals surface area contributed by atoms with Crippen LogP contribution in [0.15, 0.2) is 112 Å². The number of carbonyl (C=O) groups is 2. The summed E-state index contributed by atoms with van der Waals surface area (Å²) in [4.78, 5) is 30.1. The molecule has 1 saturated carbocycles. The van der Waals surface area contributed by atoms with Crippen molar-refractivity contribution in [3.8, 4) is 0 Å². The van der Waals surface area contributed by atoms with Gasteiger partial charge in [-0.25, -0.2) is 8.42 Å². The second kappa shape index (κ2) is 15.5. The number of halogens is 3. The molecule has 5 rings (SSSR count). The molecule has 0 bridgehead atoms. The molecule has 7 nitrogen and oxygen atoms in total. The number of amides is 2. The SMILES string of the molecule is O=C(NC1CCCC1)C(Cc1ccccc1)N(Cc1ccc(Br)cc1)C(=O)CN(c1ccc(Cl)c(Cl)c1)S(=O)(=O)c1ccccc1. The lowest BCUT2D eigenvalue weighted by molar-refractivity contribution is -0.140. The lowest BCUT2D eigenvalue weighted by atomic mass is 10.0. The number of nitrogens with zero attached hydrogens (tertiary/aromatic N) is 2. The molecular formula is C35H34BrCl2N3O4S. The summed E-state index contributed by atoms with van der Waals surface area (Å²) in [7, 11) is -4.24. The summed E-state index contributed by atoms with van der Waals surface area (Å²) in [5.74, 6) is -0.816. The monoisotopic (exact) mass is 741 g/mol. The van der Waals surface area contributed by atoms with Gasteiger partial charge in [0.2, 0.25) is 11.8 Å². The second-order valence-electron chi connectivity index (χ2n) is 11.3. The highest BCUT2D eigenvalue weighted by Gasteiger charge is 2.35. The molecule has 1 fully saturated rings. The van der Waals surface area contributed by atoms with Crippen molar-refractivity contribution in [2.75, 3.05) is 10.8 Å². The van der Waals surface area contributed by atoms with Gasteiger partial charge in [0.25, 0.3) is 10.0 Å². The number of hydrogen-bond donors (Lipinski definition) is 1. The van der Waals surface area contributed by atoms with Gasteiger partial charge in [-0.15, -0.1) is 0 Å². The molecule has 4 aromatic carbocycles. The van der Waals surface area contributed by atoms with Crippen molar-refractivity contribution in [1.29, 1.82) is 0 Å². The minimum Gasteiger partial charge on any atom is -0.352 e. The van der Waals surface area contributed by atoms with E-state index in [2.05, 4.69) is 21.2 Å². The van der Waals surface area contributed by atoms with E-state index >= 15 is 0 Å². The van der Waals surface area contributed by atoms with Crippen LogP contribution < -0.4 is 9.62 Å². The van der Waals surface area contributed by atoms with E-state index in [0.717, 1.165) is 45.6 Å². The highest BCUT2D eigenvalue weighted by atomic mass is 79.9. The zero-order valence-electron chi connectivity index (χ0n) is 25.0. The predicted octanol–water partition coefficient (Wildman–Crippen LogP) is 7.65. The lowest BCUT2D eigenvalue weighted by Crippen LogP contribution is -2.54. The van der Waals surface area contributed by atoms with Crippen LogP contribution in [0.2, 0.25) is 10.0 Å². The topological polar surface area (TPSA) is 86.8 Å². The Morgan fingerprint density at radius 2 is 1.46 bits per heavy atom. The molecule has 0 spiro atoms. The number of hydrogen-bond acceptors (Lipinski definition) is 4. The predicted molar refractivity (Wildman–Crippen MR) is 186 cm³/mol. The highest BCUT2D eigenvalue weighted by molar-refractivity contribution is 9.10. The summed E-state index contributed by atoms with van der Waals surface area (Å²) >= 11 is 16.0. The van der Waals surface area contributed by atoms with E-state index in [1.807, 2.05) is 54.6 Å². The molecule has 1 unspecified atom stereocenters. The van der Waals surface area contributed by atoms with E-state index in [1.165, 1.54) is 35.2 Å². The van der Waals surface area contributed by atoms with E-state index in [1.54, 1.807) is 18.2 Å². The third kappa shape index (κ3) is 8.50. The van der Waals surface area contributed by atoms with Gasteiger partial charge in [0.05, 0.1) is 20.6 Å². The number of nitrogens with one attached hydrogen (secondary N) is 1. The molecule has 1 atom stereocenters. The Kier molecular flexibility index (Phi) is 11.4. The van der Waals surface area contributed by atoms with Gasteiger partial charge < -0.3 is 10.2 Å². The van der Waals surface area contributed by atoms with Crippen molar-refractivity contribution >= 4 is 66.7 Å². The summed E-state index contributed by atoms with van der Waals surface area (Å²) in [6.45, 7) is -0.490. The van der Waals surface area contributed by atoms with E-state index in [9.17, 15) is 18.0 Å². The molecule has 0 radical (unpaired) electrons. The molecule has 0 aromatic heterocycles.